The van der Waals surface area contributed by atoms with E-state index in [-0.39, 0.29) is 17.9 Å². The molecule has 108 valence electrons. The number of hydrogen-bond donors (Lipinski definition) is 3. The molecule has 6 heteroatoms. The summed E-state index contributed by atoms with van der Waals surface area (Å²) in [7, 11) is 0. The number of amides is 2. The third kappa shape index (κ3) is 3.69. The Kier molecular flexibility index (Phi) is 4.55. The second-order valence-electron chi connectivity index (χ2n) is 4.91. The highest BCUT2D eigenvalue weighted by Gasteiger charge is 2.26. The number of anilines is 1. The summed E-state index contributed by atoms with van der Waals surface area (Å²) in [6, 6.07) is 3.12. The van der Waals surface area contributed by atoms with E-state index in [4.69, 9.17) is 0 Å². The van der Waals surface area contributed by atoms with Gasteiger partial charge in [-0.25, -0.2) is 4.98 Å². The molecule has 1 fully saturated rings. The van der Waals surface area contributed by atoms with Crippen molar-refractivity contribution < 1.29 is 9.59 Å². The topological polar surface area (TPSA) is 83.1 Å². The predicted molar refractivity (Wildman–Crippen MR) is 76.5 cm³/mol. The third-order valence-electron chi connectivity index (χ3n) is 3.06. The van der Waals surface area contributed by atoms with Crippen molar-refractivity contribution in [2.45, 2.75) is 38.8 Å². The molecule has 0 saturated heterocycles. The average Bonchev–Trinajstić information content (AvgIpc) is 3.23. The zero-order valence-corrected chi connectivity index (χ0v) is 11.8. The largest absolute Gasteiger partial charge is 0.370 e. The van der Waals surface area contributed by atoms with Crippen LogP contribution < -0.4 is 16.0 Å². The van der Waals surface area contributed by atoms with Crippen molar-refractivity contribution in [2.75, 3.05) is 11.9 Å². The number of pyridine rings is 1. The number of nitrogens with zero attached hydrogens (tertiary/aromatic N) is 1. The van der Waals surface area contributed by atoms with E-state index in [1.165, 1.54) is 0 Å². The minimum atomic E-state index is -0.558. The first kappa shape index (κ1) is 14.3. The molecule has 0 aliphatic heterocycles. The van der Waals surface area contributed by atoms with Crippen LogP contribution in [0.3, 0.4) is 0 Å². The fraction of sp³-hybridized carbons (Fsp3) is 0.500. The van der Waals surface area contributed by atoms with E-state index in [1.54, 1.807) is 25.3 Å². The Morgan fingerprint density at radius 3 is 2.85 bits per heavy atom. The van der Waals surface area contributed by atoms with Gasteiger partial charge in [-0.1, -0.05) is 0 Å². The van der Waals surface area contributed by atoms with Gasteiger partial charge in [0, 0.05) is 18.8 Å². The maximum absolute atomic E-state index is 12.2. The van der Waals surface area contributed by atoms with Crippen molar-refractivity contribution in [2.24, 2.45) is 0 Å². The molecule has 2 rings (SSSR count). The van der Waals surface area contributed by atoms with Crippen molar-refractivity contribution >= 4 is 17.6 Å². The highest BCUT2D eigenvalue weighted by atomic mass is 16.2. The van der Waals surface area contributed by atoms with Gasteiger partial charge in [-0.15, -0.1) is 0 Å². The van der Waals surface area contributed by atoms with Crippen LogP contribution in [0.1, 0.15) is 37.0 Å². The summed E-state index contributed by atoms with van der Waals surface area (Å²) in [4.78, 5) is 28.1. The molecule has 1 heterocycles. The zero-order chi connectivity index (χ0) is 14.5. The molecule has 6 nitrogen and oxygen atoms in total. The fourth-order valence-electron chi connectivity index (χ4n) is 1.79. The SMILES string of the molecule is CCNc1ncccc1C(=O)NC(C)C(=O)NC1CC1. The van der Waals surface area contributed by atoms with Crippen LogP contribution in [0, 0.1) is 0 Å². The van der Waals surface area contributed by atoms with Gasteiger partial charge >= 0.3 is 0 Å². The minimum absolute atomic E-state index is 0.144. The molecule has 0 aromatic carbocycles. The molecule has 1 aliphatic carbocycles. The van der Waals surface area contributed by atoms with Crippen molar-refractivity contribution in [3.05, 3.63) is 23.9 Å². The summed E-state index contributed by atoms with van der Waals surface area (Å²) in [5, 5.41) is 8.59. The molecule has 0 radical (unpaired) electrons. The van der Waals surface area contributed by atoms with E-state index >= 15 is 0 Å². The lowest BCUT2D eigenvalue weighted by Crippen LogP contribution is -2.45. The van der Waals surface area contributed by atoms with E-state index in [0.29, 0.717) is 17.9 Å². The molecule has 1 aromatic rings. The zero-order valence-electron chi connectivity index (χ0n) is 11.8. The molecule has 0 spiro atoms. The van der Waals surface area contributed by atoms with Gasteiger partial charge < -0.3 is 16.0 Å². The standard InChI is InChI=1S/C14H20N4O2/c1-3-15-12-11(5-4-8-16-12)14(20)17-9(2)13(19)18-10-6-7-10/h4-5,8-10H,3,6-7H2,1-2H3,(H,15,16)(H,17,20)(H,18,19). The molecular weight excluding hydrogens is 256 g/mol. The van der Waals surface area contributed by atoms with E-state index in [9.17, 15) is 9.59 Å². The Morgan fingerprint density at radius 1 is 1.45 bits per heavy atom. The van der Waals surface area contributed by atoms with Gasteiger partial charge in [-0.2, -0.15) is 0 Å². The van der Waals surface area contributed by atoms with Gasteiger partial charge in [0.05, 0.1) is 5.56 Å². The Balaban J connectivity index is 1.98. The molecule has 1 unspecified atom stereocenters. The summed E-state index contributed by atoms with van der Waals surface area (Å²) in [5.41, 5.74) is 0.445. The quantitative estimate of drug-likeness (QED) is 0.721. The van der Waals surface area contributed by atoms with E-state index in [1.807, 2.05) is 6.92 Å². The Hall–Kier alpha value is -2.11. The number of hydrogen-bond acceptors (Lipinski definition) is 4. The highest BCUT2D eigenvalue weighted by Crippen LogP contribution is 2.18. The van der Waals surface area contributed by atoms with Gasteiger partial charge in [0.25, 0.3) is 5.91 Å². The van der Waals surface area contributed by atoms with Gasteiger partial charge in [0.1, 0.15) is 11.9 Å². The highest BCUT2D eigenvalue weighted by molar-refractivity contribution is 6.01. The average molecular weight is 276 g/mol. The summed E-state index contributed by atoms with van der Waals surface area (Å²) in [5.74, 6) is 0.0875. The Bertz CT molecular complexity index is 500. The Morgan fingerprint density at radius 2 is 2.20 bits per heavy atom. The molecule has 1 saturated carbocycles. The van der Waals surface area contributed by atoms with E-state index in [2.05, 4.69) is 20.9 Å². The van der Waals surface area contributed by atoms with Crippen molar-refractivity contribution in [1.82, 2.24) is 15.6 Å². The van der Waals surface area contributed by atoms with Gasteiger partial charge in [-0.3, -0.25) is 9.59 Å². The Labute approximate surface area is 118 Å². The van der Waals surface area contributed by atoms with Crippen LogP contribution in [0.25, 0.3) is 0 Å². The van der Waals surface area contributed by atoms with E-state index in [0.717, 1.165) is 12.8 Å². The molecule has 1 aromatic heterocycles. The molecule has 2 amide bonds. The summed E-state index contributed by atoms with van der Waals surface area (Å²) < 4.78 is 0. The number of carbonyl (C=O) groups is 2. The number of rotatable bonds is 6. The van der Waals surface area contributed by atoms with Crippen molar-refractivity contribution in [3.63, 3.8) is 0 Å². The lowest BCUT2D eigenvalue weighted by molar-refractivity contribution is -0.122. The van der Waals surface area contributed by atoms with E-state index < -0.39 is 6.04 Å². The van der Waals surface area contributed by atoms with Crippen LogP contribution in [0.15, 0.2) is 18.3 Å². The molecule has 3 N–H and O–H groups in total. The molecule has 1 atom stereocenters. The molecule has 0 bridgehead atoms. The normalized spacial score (nSPS) is 15.3. The van der Waals surface area contributed by atoms with Crippen LogP contribution >= 0.6 is 0 Å². The lowest BCUT2D eigenvalue weighted by atomic mass is 10.2. The van der Waals surface area contributed by atoms with Gasteiger partial charge in [-0.05, 0) is 38.8 Å². The van der Waals surface area contributed by atoms with Crippen LogP contribution in [0.4, 0.5) is 5.82 Å². The second-order valence-corrected chi connectivity index (χ2v) is 4.91. The minimum Gasteiger partial charge on any atom is -0.370 e. The van der Waals surface area contributed by atoms with Gasteiger partial charge in [0.2, 0.25) is 5.91 Å². The summed E-state index contributed by atoms with van der Waals surface area (Å²) >= 11 is 0. The van der Waals surface area contributed by atoms with Crippen LogP contribution in [-0.4, -0.2) is 35.4 Å². The van der Waals surface area contributed by atoms with Crippen LogP contribution in [-0.2, 0) is 4.79 Å². The van der Waals surface area contributed by atoms with Gasteiger partial charge in [0.15, 0.2) is 0 Å². The predicted octanol–water partition coefficient (Wildman–Crippen LogP) is 0.910. The van der Waals surface area contributed by atoms with Crippen LogP contribution in [0.2, 0.25) is 0 Å². The lowest BCUT2D eigenvalue weighted by Gasteiger charge is -2.15. The molecule has 1 aliphatic rings. The number of nitrogens with one attached hydrogen (secondary N) is 3. The van der Waals surface area contributed by atoms with Crippen molar-refractivity contribution in [1.29, 1.82) is 0 Å². The smallest absolute Gasteiger partial charge is 0.255 e. The third-order valence-corrected chi connectivity index (χ3v) is 3.06. The maximum Gasteiger partial charge on any atom is 0.255 e. The molecular formula is C14H20N4O2. The monoisotopic (exact) mass is 276 g/mol. The number of carbonyl (C=O) groups excluding carboxylic acids is 2. The molecule has 20 heavy (non-hydrogen) atoms. The number of aromatic nitrogens is 1. The maximum atomic E-state index is 12.2. The van der Waals surface area contributed by atoms with Crippen LogP contribution in [0.5, 0.6) is 0 Å². The summed E-state index contributed by atoms with van der Waals surface area (Å²) in [6.45, 7) is 4.29. The fourth-order valence-corrected chi connectivity index (χ4v) is 1.79. The first-order valence-corrected chi connectivity index (χ1v) is 6.92. The first-order valence-electron chi connectivity index (χ1n) is 6.92. The van der Waals surface area contributed by atoms with Crippen molar-refractivity contribution in [3.8, 4) is 0 Å². The second kappa shape index (κ2) is 6.36. The summed E-state index contributed by atoms with van der Waals surface area (Å²) in [6.07, 6.45) is 3.68. The first-order chi connectivity index (χ1) is 9.61.